The number of nitrogens with one attached hydrogen (secondary N) is 1. The van der Waals surface area contributed by atoms with E-state index in [0.717, 1.165) is 11.8 Å². The molecule has 0 radical (unpaired) electrons. The number of rotatable bonds is 4. The van der Waals surface area contributed by atoms with Crippen molar-refractivity contribution in [3.63, 3.8) is 0 Å². The summed E-state index contributed by atoms with van der Waals surface area (Å²) in [5, 5.41) is 2.61. The Balaban J connectivity index is 1.69. The minimum absolute atomic E-state index is 0.00382. The maximum Gasteiger partial charge on any atom is 0.325 e. The van der Waals surface area contributed by atoms with Gasteiger partial charge in [0.2, 0.25) is 5.91 Å². The summed E-state index contributed by atoms with van der Waals surface area (Å²) >= 11 is 0. The predicted octanol–water partition coefficient (Wildman–Crippen LogP) is 1.10. The first-order valence-electron chi connectivity index (χ1n) is 6.02. The third-order valence-corrected chi connectivity index (χ3v) is 3.99. The second-order valence-electron chi connectivity index (χ2n) is 4.99. The van der Waals surface area contributed by atoms with Crippen LogP contribution in [0.15, 0.2) is 0 Å². The highest BCUT2D eigenvalue weighted by molar-refractivity contribution is 5.81. The van der Waals surface area contributed by atoms with E-state index in [0.29, 0.717) is 12.3 Å². The fraction of sp³-hybridized carbons (Fsp3) is 0.833. The zero-order valence-corrected chi connectivity index (χ0v) is 9.70. The van der Waals surface area contributed by atoms with Crippen LogP contribution >= 0.6 is 0 Å². The molecule has 3 atom stereocenters. The van der Waals surface area contributed by atoms with Crippen molar-refractivity contribution >= 4 is 11.9 Å². The number of esters is 1. The molecule has 2 saturated carbocycles. The van der Waals surface area contributed by atoms with Crippen LogP contribution in [0.3, 0.4) is 0 Å². The molecule has 2 aliphatic rings. The first-order valence-corrected chi connectivity index (χ1v) is 6.02. The van der Waals surface area contributed by atoms with Gasteiger partial charge in [-0.3, -0.25) is 9.59 Å². The van der Waals surface area contributed by atoms with E-state index in [-0.39, 0.29) is 18.4 Å². The molecule has 0 aromatic rings. The van der Waals surface area contributed by atoms with Gasteiger partial charge in [-0.2, -0.15) is 0 Å². The van der Waals surface area contributed by atoms with E-state index in [9.17, 15) is 9.59 Å². The van der Waals surface area contributed by atoms with Gasteiger partial charge in [-0.1, -0.05) is 6.42 Å². The van der Waals surface area contributed by atoms with Crippen molar-refractivity contribution in [3.05, 3.63) is 0 Å². The van der Waals surface area contributed by atoms with E-state index in [2.05, 4.69) is 10.1 Å². The van der Waals surface area contributed by atoms with Gasteiger partial charge in [0.25, 0.3) is 0 Å². The second-order valence-corrected chi connectivity index (χ2v) is 4.99. The highest BCUT2D eigenvalue weighted by atomic mass is 16.5. The number of carbonyl (C=O) groups excluding carboxylic acids is 2. The fourth-order valence-corrected chi connectivity index (χ4v) is 3.18. The Morgan fingerprint density at radius 2 is 2.12 bits per heavy atom. The zero-order valence-electron chi connectivity index (χ0n) is 9.70. The van der Waals surface area contributed by atoms with E-state index in [1.54, 1.807) is 0 Å². The van der Waals surface area contributed by atoms with Gasteiger partial charge in [0, 0.05) is 6.42 Å². The van der Waals surface area contributed by atoms with Gasteiger partial charge in [-0.05, 0) is 37.0 Å². The van der Waals surface area contributed by atoms with Crippen molar-refractivity contribution in [1.29, 1.82) is 0 Å². The number of ether oxygens (including phenoxy) is 1. The van der Waals surface area contributed by atoms with E-state index >= 15 is 0 Å². The number of amides is 1. The largest absolute Gasteiger partial charge is 0.468 e. The lowest BCUT2D eigenvalue weighted by Crippen LogP contribution is -2.32. The standard InChI is InChI=1S/C12H19NO3/c1-16-12(15)7-13-11(14)6-10-5-8-2-3-9(10)4-8/h8-10H,2-7H2,1H3,(H,13,14). The van der Waals surface area contributed by atoms with Gasteiger partial charge < -0.3 is 10.1 Å². The molecule has 4 heteroatoms. The lowest BCUT2D eigenvalue weighted by atomic mass is 9.86. The maximum absolute atomic E-state index is 11.6. The molecule has 1 amide bonds. The highest BCUT2D eigenvalue weighted by Crippen LogP contribution is 2.49. The van der Waals surface area contributed by atoms with Crippen LogP contribution in [0.2, 0.25) is 0 Å². The van der Waals surface area contributed by atoms with Crippen LogP contribution in [0.1, 0.15) is 32.1 Å². The Morgan fingerprint density at radius 1 is 1.31 bits per heavy atom. The Hall–Kier alpha value is -1.06. The summed E-state index contributed by atoms with van der Waals surface area (Å²) in [6.07, 6.45) is 5.74. The molecule has 0 heterocycles. The minimum atomic E-state index is -0.388. The Kier molecular flexibility index (Phi) is 3.46. The number of hydrogen-bond donors (Lipinski definition) is 1. The molecule has 2 rings (SSSR count). The lowest BCUT2D eigenvalue weighted by molar-refractivity contribution is -0.141. The normalized spacial score (nSPS) is 31.4. The molecule has 1 N–H and O–H groups in total. The van der Waals surface area contributed by atoms with Crippen LogP contribution in [0, 0.1) is 17.8 Å². The van der Waals surface area contributed by atoms with Gasteiger partial charge in [0.05, 0.1) is 7.11 Å². The number of hydrogen-bond acceptors (Lipinski definition) is 3. The molecule has 0 aliphatic heterocycles. The summed E-state index contributed by atoms with van der Waals surface area (Å²) in [6.45, 7) is -0.00382. The highest BCUT2D eigenvalue weighted by Gasteiger charge is 2.39. The molecule has 16 heavy (non-hydrogen) atoms. The zero-order chi connectivity index (χ0) is 11.5. The Labute approximate surface area is 95.7 Å². The van der Waals surface area contributed by atoms with E-state index in [4.69, 9.17) is 0 Å². The Bertz CT molecular complexity index is 290. The topological polar surface area (TPSA) is 55.4 Å². The van der Waals surface area contributed by atoms with Crippen LogP contribution in [0.5, 0.6) is 0 Å². The summed E-state index contributed by atoms with van der Waals surface area (Å²) < 4.78 is 4.47. The van der Waals surface area contributed by atoms with E-state index < -0.39 is 0 Å². The van der Waals surface area contributed by atoms with Crippen LogP contribution in [-0.2, 0) is 14.3 Å². The van der Waals surface area contributed by atoms with Gasteiger partial charge in [-0.25, -0.2) is 0 Å². The smallest absolute Gasteiger partial charge is 0.325 e. The molecule has 0 saturated heterocycles. The molecule has 90 valence electrons. The van der Waals surface area contributed by atoms with Crippen molar-refractivity contribution in [2.45, 2.75) is 32.1 Å². The quantitative estimate of drug-likeness (QED) is 0.729. The van der Waals surface area contributed by atoms with Gasteiger partial charge in [0.15, 0.2) is 0 Å². The molecule has 3 unspecified atom stereocenters. The number of carbonyl (C=O) groups is 2. The molecular formula is C12H19NO3. The molecule has 2 aliphatic carbocycles. The lowest BCUT2D eigenvalue weighted by Gasteiger charge is -2.20. The number of methoxy groups -OCH3 is 1. The van der Waals surface area contributed by atoms with Crippen LogP contribution in [0.4, 0.5) is 0 Å². The van der Waals surface area contributed by atoms with Gasteiger partial charge in [0.1, 0.15) is 6.54 Å². The monoisotopic (exact) mass is 225 g/mol. The molecular weight excluding hydrogens is 206 g/mol. The van der Waals surface area contributed by atoms with Gasteiger partial charge in [-0.15, -0.1) is 0 Å². The van der Waals surface area contributed by atoms with Crippen molar-refractivity contribution in [2.24, 2.45) is 17.8 Å². The summed E-state index contributed by atoms with van der Waals surface area (Å²) in [4.78, 5) is 22.4. The summed E-state index contributed by atoms with van der Waals surface area (Å²) in [5.41, 5.74) is 0. The fourth-order valence-electron chi connectivity index (χ4n) is 3.18. The van der Waals surface area contributed by atoms with E-state index in [1.165, 1.54) is 32.8 Å². The molecule has 4 nitrogen and oxygen atoms in total. The first-order chi connectivity index (χ1) is 7.69. The molecule has 0 aromatic carbocycles. The average Bonchev–Trinajstić information content (AvgIpc) is 2.87. The van der Waals surface area contributed by atoms with Gasteiger partial charge >= 0.3 is 5.97 Å². The molecule has 2 bridgehead atoms. The summed E-state index contributed by atoms with van der Waals surface area (Å²) in [7, 11) is 1.32. The average molecular weight is 225 g/mol. The first kappa shape index (κ1) is 11.4. The second kappa shape index (κ2) is 4.85. The third kappa shape index (κ3) is 2.54. The van der Waals surface area contributed by atoms with Crippen molar-refractivity contribution in [1.82, 2.24) is 5.32 Å². The third-order valence-electron chi connectivity index (χ3n) is 3.99. The Morgan fingerprint density at radius 3 is 2.69 bits per heavy atom. The predicted molar refractivity (Wildman–Crippen MR) is 58.6 cm³/mol. The van der Waals surface area contributed by atoms with E-state index in [1.807, 2.05) is 0 Å². The van der Waals surface area contributed by atoms with Crippen molar-refractivity contribution in [3.8, 4) is 0 Å². The SMILES string of the molecule is COC(=O)CNC(=O)CC1CC2CCC1C2. The van der Waals surface area contributed by atoms with Crippen LogP contribution in [-0.4, -0.2) is 25.5 Å². The van der Waals surface area contributed by atoms with Crippen molar-refractivity contribution < 1.29 is 14.3 Å². The number of fused-ring (bicyclic) bond motifs is 2. The van der Waals surface area contributed by atoms with Crippen LogP contribution < -0.4 is 5.32 Å². The van der Waals surface area contributed by atoms with Crippen molar-refractivity contribution in [2.75, 3.05) is 13.7 Å². The molecule has 2 fully saturated rings. The summed E-state index contributed by atoms with van der Waals surface area (Å²) in [6, 6.07) is 0. The van der Waals surface area contributed by atoms with Crippen LogP contribution in [0.25, 0.3) is 0 Å². The summed E-state index contributed by atoms with van der Waals surface area (Å²) in [5.74, 6) is 1.78. The molecule has 0 spiro atoms. The minimum Gasteiger partial charge on any atom is -0.468 e. The molecule has 0 aromatic heterocycles. The maximum atomic E-state index is 11.6.